The van der Waals surface area contributed by atoms with Crippen LogP contribution in [0, 0.1) is 17.7 Å². The second-order valence-electron chi connectivity index (χ2n) is 9.44. The molecule has 4 rings (SSSR count). The zero-order valence-corrected chi connectivity index (χ0v) is 19.4. The molecule has 0 bridgehead atoms. The maximum atomic E-state index is 13.4. The minimum Gasteiger partial charge on any atom is -0.361 e. The Balaban J connectivity index is 1.50. The van der Waals surface area contributed by atoms with E-state index in [9.17, 15) is 14.0 Å². The highest BCUT2D eigenvalue weighted by molar-refractivity contribution is 5.87. The van der Waals surface area contributed by atoms with Crippen molar-refractivity contribution in [1.82, 2.24) is 14.8 Å². The molecule has 0 saturated heterocycles. The molecule has 1 aliphatic carbocycles. The second-order valence-corrected chi connectivity index (χ2v) is 9.44. The van der Waals surface area contributed by atoms with Gasteiger partial charge in [0.15, 0.2) is 0 Å². The van der Waals surface area contributed by atoms with Gasteiger partial charge in [0.25, 0.3) is 0 Å². The van der Waals surface area contributed by atoms with Crippen molar-refractivity contribution in [2.75, 3.05) is 19.6 Å². The third-order valence-electron chi connectivity index (χ3n) is 6.12. The zero-order valence-electron chi connectivity index (χ0n) is 19.4. The van der Waals surface area contributed by atoms with Crippen LogP contribution in [0.1, 0.15) is 37.8 Å². The highest BCUT2D eigenvalue weighted by atomic mass is 19.1. The molecule has 33 heavy (non-hydrogen) atoms. The molecule has 5 nitrogen and oxygen atoms in total. The van der Waals surface area contributed by atoms with Crippen LogP contribution in [0.4, 0.5) is 4.39 Å². The number of amides is 2. The highest BCUT2D eigenvalue weighted by Gasteiger charge is 2.34. The Kier molecular flexibility index (Phi) is 7.11. The molecule has 0 spiro atoms. The zero-order chi connectivity index (χ0) is 23.4. The quantitative estimate of drug-likeness (QED) is 0.485. The average Bonchev–Trinajstić information content (AvgIpc) is 3.57. The monoisotopic (exact) mass is 449 g/mol. The Morgan fingerprint density at radius 3 is 2.48 bits per heavy atom. The minimum absolute atomic E-state index is 0.0752. The Morgan fingerprint density at radius 1 is 1.06 bits per heavy atom. The summed E-state index contributed by atoms with van der Waals surface area (Å²) in [5.74, 6) is 0.0865. The Labute approximate surface area is 194 Å². The molecule has 2 amide bonds. The number of nitrogens with one attached hydrogen (secondary N) is 1. The van der Waals surface area contributed by atoms with Crippen LogP contribution in [0.5, 0.6) is 0 Å². The number of aromatic nitrogens is 1. The maximum absolute atomic E-state index is 13.4. The van der Waals surface area contributed by atoms with Crippen molar-refractivity contribution in [2.45, 2.75) is 39.7 Å². The van der Waals surface area contributed by atoms with Crippen LogP contribution in [-0.4, -0.2) is 46.2 Å². The van der Waals surface area contributed by atoms with Crippen LogP contribution in [0.3, 0.4) is 0 Å². The van der Waals surface area contributed by atoms with Crippen molar-refractivity contribution < 1.29 is 14.0 Å². The van der Waals surface area contributed by atoms with E-state index in [0.29, 0.717) is 26.1 Å². The molecule has 1 heterocycles. The summed E-state index contributed by atoms with van der Waals surface area (Å²) < 4.78 is 13.4. The molecule has 0 aliphatic heterocycles. The second kappa shape index (κ2) is 10.2. The fourth-order valence-electron chi connectivity index (χ4n) is 4.22. The van der Waals surface area contributed by atoms with Gasteiger partial charge in [0, 0.05) is 42.7 Å². The molecule has 174 valence electrons. The maximum Gasteiger partial charge on any atom is 0.242 e. The summed E-state index contributed by atoms with van der Waals surface area (Å²) in [7, 11) is 0. The summed E-state index contributed by atoms with van der Waals surface area (Å²) in [6, 6.07) is 14.4. The molecular formula is C27H32FN3O2. The predicted octanol–water partition coefficient (Wildman–Crippen LogP) is 4.77. The number of hydrogen-bond donors (Lipinski definition) is 1. The summed E-state index contributed by atoms with van der Waals surface area (Å²) in [6.45, 7) is 5.69. The fourth-order valence-corrected chi connectivity index (χ4v) is 4.22. The summed E-state index contributed by atoms with van der Waals surface area (Å²) in [4.78, 5) is 33.0. The Bertz CT molecular complexity index is 1100. The fraction of sp³-hybridized carbons (Fsp3) is 0.407. The van der Waals surface area contributed by atoms with Gasteiger partial charge in [-0.1, -0.05) is 44.2 Å². The lowest BCUT2D eigenvalue weighted by atomic mass is 10.1. The van der Waals surface area contributed by atoms with Gasteiger partial charge in [0.2, 0.25) is 11.8 Å². The topological polar surface area (TPSA) is 56.4 Å². The first-order valence-electron chi connectivity index (χ1n) is 11.8. The van der Waals surface area contributed by atoms with Gasteiger partial charge in [-0.2, -0.15) is 0 Å². The van der Waals surface area contributed by atoms with Crippen LogP contribution < -0.4 is 0 Å². The van der Waals surface area contributed by atoms with Gasteiger partial charge in [-0.15, -0.1) is 0 Å². The lowest BCUT2D eigenvalue weighted by Crippen LogP contribution is -2.45. The van der Waals surface area contributed by atoms with Crippen LogP contribution in [0.25, 0.3) is 10.9 Å². The molecule has 1 N–H and O–H groups in total. The third kappa shape index (κ3) is 6.01. The molecule has 1 saturated carbocycles. The molecule has 1 aromatic heterocycles. The number of rotatable bonds is 10. The van der Waals surface area contributed by atoms with Gasteiger partial charge in [0.05, 0.1) is 6.54 Å². The number of nitrogens with zero attached hydrogens (tertiary/aromatic N) is 2. The van der Waals surface area contributed by atoms with Crippen molar-refractivity contribution in [3.8, 4) is 0 Å². The molecule has 0 atom stereocenters. The van der Waals surface area contributed by atoms with E-state index in [2.05, 4.69) is 24.9 Å². The van der Waals surface area contributed by atoms with E-state index in [1.807, 2.05) is 24.4 Å². The van der Waals surface area contributed by atoms with Crippen LogP contribution in [0.2, 0.25) is 0 Å². The number of halogens is 1. The number of carbonyl (C=O) groups is 2. The largest absolute Gasteiger partial charge is 0.361 e. The van der Waals surface area contributed by atoms with E-state index < -0.39 is 0 Å². The molecule has 3 aromatic rings. The SMILES string of the molecule is CC(C)CN(CC(=O)N(CCc1c[nH]c2ccccc12)Cc1ccc(F)cc1)C(=O)C1CC1. The van der Waals surface area contributed by atoms with Crippen LogP contribution in [-0.2, 0) is 22.6 Å². The average molecular weight is 450 g/mol. The number of para-hydroxylation sites is 1. The summed E-state index contributed by atoms with van der Waals surface area (Å²) >= 11 is 0. The van der Waals surface area contributed by atoms with Crippen LogP contribution in [0.15, 0.2) is 54.7 Å². The van der Waals surface area contributed by atoms with Gasteiger partial charge in [-0.05, 0) is 54.5 Å². The van der Waals surface area contributed by atoms with Crippen molar-refractivity contribution in [3.63, 3.8) is 0 Å². The van der Waals surface area contributed by atoms with E-state index in [1.165, 1.54) is 12.1 Å². The number of carbonyl (C=O) groups excluding carboxylic acids is 2. The van der Waals surface area contributed by atoms with Gasteiger partial charge in [-0.25, -0.2) is 4.39 Å². The first kappa shape index (κ1) is 23.0. The number of benzene rings is 2. The van der Waals surface area contributed by atoms with E-state index in [4.69, 9.17) is 0 Å². The first-order chi connectivity index (χ1) is 15.9. The van der Waals surface area contributed by atoms with Crippen molar-refractivity contribution >= 4 is 22.7 Å². The first-order valence-corrected chi connectivity index (χ1v) is 11.8. The summed E-state index contributed by atoms with van der Waals surface area (Å²) in [6.07, 6.45) is 4.52. The van der Waals surface area contributed by atoms with Crippen molar-refractivity contribution in [1.29, 1.82) is 0 Å². The Hall–Kier alpha value is -3.15. The minimum atomic E-state index is -0.298. The number of fused-ring (bicyclic) bond motifs is 1. The molecular weight excluding hydrogens is 417 g/mol. The highest BCUT2D eigenvalue weighted by Crippen LogP contribution is 2.31. The van der Waals surface area contributed by atoms with E-state index in [0.717, 1.165) is 34.9 Å². The van der Waals surface area contributed by atoms with Crippen molar-refractivity contribution in [2.24, 2.45) is 11.8 Å². The molecule has 0 radical (unpaired) electrons. The Morgan fingerprint density at radius 2 is 1.79 bits per heavy atom. The smallest absolute Gasteiger partial charge is 0.242 e. The lowest BCUT2D eigenvalue weighted by molar-refractivity contribution is -0.142. The van der Waals surface area contributed by atoms with E-state index in [-0.39, 0.29) is 36.0 Å². The molecule has 6 heteroatoms. The number of H-pyrrole nitrogens is 1. The van der Waals surface area contributed by atoms with Crippen molar-refractivity contribution in [3.05, 3.63) is 71.7 Å². The van der Waals surface area contributed by atoms with Crippen LogP contribution >= 0.6 is 0 Å². The summed E-state index contributed by atoms with van der Waals surface area (Å²) in [5, 5.41) is 1.15. The van der Waals surface area contributed by atoms with Gasteiger partial charge in [0.1, 0.15) is 5.82 Å². The standard InChI is InChI=1S/C27H32FN3O2/c1-19(2)16-31(27(33)21-9-10-21)18-26(32)30(17-20-7-11-23(28)12-8-20)14-13-22-15-29-25-6-4-3-5-24(22)25/h3-8,11-12,15,19,21,29H,9-10,13-14,16-18H2,1-2H3. The summed E-state index contributed by atoms with van der Waals surface area (Å²) in [5.41, 5.74) is 3.09. The molecule has 1 fully saturated rings. The lowest BCUT2D eigenvalue weighted by Gasteiger charge is -2.29. The molecule has 1 aliphatic rings. The molecule has 2 aromatic carbocycles. The van der Waals surface area contributed by atoms with E-state index >= 15 is 0 Å². The molecule has 0 unspecified atom stereocenters. The number of hydrogen-bond acceptors (Lipinski definition) is 2. The van der Waals surface area contributed by atoms with Gasteiger partial charge in [-0.3, -0.25) is 9.59 Å². The normalized spacial score (nSPS) is 13.5. The third-order valence-corrected chi connectivity index (χ3v) is 6.12. The van der Waals surface area contributed by atoms with Gasteiger partial charge < -0.3 is 14.8 Å². The number of aromatic amines is 1. The van der Waals surface area contributed by atoms with E-state index in [1.54, 1.807) is 21.9 Å². The van der Waals surface area contributed by atoms with Gasteiger partial charge >= 0.3 is 0 Å². The predicted molar refractivity (Wildman–Crippen MR) is 128 cm³/mol.